The van der Waals surface area contributed by atoms with Gasteiger partial charge in [0, 0.05) is 69.9 Å². The van der Waals surface area contributed by atoms with Crippen molar-refractivity contribution in [3.63, 3.8) is 0 Å². The second-order valence-corrected chi connectivity index (χ2v) is 19.9. The van der Waals surface area contributed by atoms with E-state index in [0.717, 1.165) is 72.1 Å². The van der Waals surface area contributed by atoms with Crippen LogP contribution in [0, 0.1) is 17.7 Å². The first-order valence-electron chi connectivity index (χ1n) is 24.2. The minimum absolute atomic E-state index is 0. The maximum atomic E-state index is 15.5. The van der Waals surface area contributed by atoms with Gasteiger partial charge in [-0.15, -0.1) is 12.4 Å². The fourth-order valence-electron chi connectivity index (χ4n) is 10.2. The molecule has 5 aliphatic rings. The quantitative estimate of drug-likeness (QED) is 0.0978. The van der Waals surface area contributed by atoms with E-state index in [9.17, 15) is 41.9 Å². The van der Waals surface area contributed by atoms with Crippen LogP contribution >= 0.6 is 12.4 Å². The predicted molar refractivity (Wildman–Crippen MR) is 260 cm³/mol. The number of aromatic amines is 1. The lowest BCUT2D eigenvalue weighted by molar-refractivity contribution is -0.182. The number of likely N-dealkylation sites (tertiary alicyclic amines) is 1. The van der Waals surface area contributed by atoms with Gasteiger partial charge < -0.3 is 15.1 Å². The van der Waals surface area contributed by atoms with Crippen LogP contribution in [0.25, 0.3) is 22.4 Å². The number of benzene rings is 3. The van der Waals surface area contributed by atoms with Gasteiger partial charge in [0.05, 0.1) is 29.1 Å². The number of imide groups is 2. The van der Waals surface area contributed by atoms with Gasteiger partial charge in [-0.25, -0.2) is 9.37 Å². The zero-order chi connectivity index (χ0) is 50.6. The van der Waals surface area contributed by atoms with Gasteiger partial charge in [-0.3, -0.25) is 53.7 Å². The lowest BCUT2D eigenvalue weighted by atomic mass is 9.92. The summed E-state index contributed by atoms with van der Waals surface area (Å²) >= 11 is 0. The number of amides is 6. The van der Waals surface area contributed by atoms with Crippen molar-refractivity contribution < 1.29 is 46.3 Å². The Balaban J connectivity index is 0.00000656. The number of alkyl halides is 3. The molecule has 22 heteroatoms. The number of aromatic nitrogens is 5. The molecule has 4 aliphatic heterocycles. The summed E-state index contributed by atoms with van der Waals surface area (Å²) in [7, 11) is 0. The molecule has 3 N–H and O–H groups in total. The van der Waals surface area contributed by atoms with Crippen molar-refractivity contribution in [2.45, 2.75) is 82.6 Å². The zero-order valence-corrected chi connectivity index (χ0v) is 40.9. The topological polar surface area (TPSA) is 199 Å². The highest BCUT2D eigenvalue weighted by molar-refractivity contribution is 6.23. The fraction of sp³-hybridized carbons (Fsp3) is 0.431. The van der Waals surface area contributed by atoms with Crippen molar-refractivity contribution in [2.75, 3.05) is 50.7 Å². The van der Waals surface area contributed by atoms with E-state index >= 15 is 4.39 Å². The molecular formula is C51H54ClF4N11O6. The number of fused-ring (bicyclic) bond motifs is 1. The maximum Gasteiger partial charge on any atom is 0.401 e. The maximum absolute atomic E-state index is 15.5. The third kappa shape index (κ3) is 10.3. The molecule has 6 heterocycles. The highest BCUT2D eigenvalue weighted by Gasteiger charge is 2.52. The summed E-state index contributed by atoms with van der Waals surface area (Å²) < 4.78 is 57.3. The van der Waals surface area contributed by atoms with E-state index in [-0.39, 0.29) is 90.5 Å². The molecule has 5 aromatic rings. The van der Waals surface area contributed by atoms with Gasteiger partial charge in [0.25, 0.3) is 11.8 Å². The number of piperazine rings is 1. The molecule has 3 aromatic carbocycles. The summed E-state index contributed by atoms with van der Waals surface area (Å²) in [4.78, 5) is 87.7. The molecule has 0 bridgehead atoms. The minimum Gasteiger partial charge on any atom is -0.367 e. The Morgan fingerprint density at radius 2 is 1.47 bits per heavy atom. The molecule has 2 aromatic heterocycles. The Labute approximate surface area is 423 Å². The summed E-state index contributed by atoms with van der Waals surface area (Å²) in [6.45, 7) is 6.60. The highest BCUT2D eigenvalue weighted by Crippen LogP contribution is 2.48. The van der Waals surface area contributed by atoms with Gasteiger partial charge in [-0.1, -0.05) is 48.5 Å². The van der Waals surface area contributed by atoms with Crippen LogP contribution in [0.5, 0.6) is 0 Å². The van der Waals surface area contributed by atoms with E-state index in [1.165, 1.54) is 6.07 Å². The van der Waals surface area contributed by atoms with Crippen LogP contribution in [0.15, 0.2) is 72.9 Å². The van der Waals surface area contributed by atoms with E-state index < -0.39 is 47.1 Å². The summed E-state index contributed by atoms with van der Waals surface area (Å²) in [5.41, 5.74) is 2.65. The van der Waals surface area contributed by atoms with Crippen molar-refractivity contribution in [1.82, 2.24) is 50.3 Å². The van der Waals surface area contributed by atoms with Crippen LogP contribution < -0.4 is 15.5 Å². The van der Waals surface area contributed by atoms with Gasteiger partial charge in [0.15, 0.2) is 5.82 Å². The average molecular weight is 1030 g/mol. The molecule has 10 rings (SSSR count). The van der Waals surface area contributed by atoms with E-state index in [2.05, 4.69) is 30.7 Å². The second kappa shape index (κ2) is 20.1. The molecule has 4 fully saturated rings. The monoisotopic (exact) mass is 1030 g/mol. The number of hydrogen-bond donors (Lipinski definition) is 3. The number of rotatable bonds is 13. The summed E-state index contributed by atoms with van der Waals surface area (Å²) in [6.07, 6.45) is -0.308. The van der Waals surface area contributed by atoms with Crippen LogP contribution in [0.3, 0.4) is 0 Å². The van der Waals surface area contributed by atoms with E-state index in [1.54, 1.807) is 4.68 Å². The molecule has 0 spiro atoms. The Morgan fingerprint density at radius 3 is 2.12 bits per heavy atom. The van der Waals surface area contributed by atoms with Crippen molar-refractivity contribution in [3.8, 4) is 22.4 Å². The van der Waals surface area contributed by atoms with E-state index in [1.807, 2.05) is 70.6 Å². The molecular weight excluding hydrogens is 974 g/mol. The van der Waals surface area contributed by atoms with Gasteiger partial charge >= 0.3 is 6.18 Å². The number of anilines is 1. The standard InChI is InChI=1S/C51H53F4N11O6.ClH/c1-50(2,51(53,54)55)49-57-42(59-60-49)26-56-45(69)35-23-34(35)32-7-3-30(4-8-32)31-5-9-33(10-6-31)39-15-18-65(61-39)28-44(68)64-16-13-29(14-17-64)27-62-19-21-63(22-20-62)41-25-37-36(24-38(41)52)47(71)66(48(37)72)40-11-12-43(67)58-46(40)70;/h3-10,15,18,24-25,29,34-35,40H,11-14,16-17,19-23,26-28H2,1-2H3,(H,56,69)(H,57,59,60)(H,58,67,70);1H/t34-,35+,40?;/m1./s1. The number of nitrogens with one attached hydrogen (secondary N) is 3. The molecule has 3 atom stereocenters. The normalized spacial score (nSPS) is 20.7. The van der Waals surface area contributed by atoms with Crippen molar-refractivity contribution >= 4 is 53.5 Å². The number of hydrogen-bond acceptors (Lipinski definition) is 11. The van der Waals surface area contributed by atoms with Crippen LogP contribution in [0.2, 0.25) is 0 Å². The SMILES string of the molecule is CC(C)(c1n[nH]c(CNC(=O)[C@H]2C[C@@H]2c2ccc(-c3ccc(-c4ccn(CC(=O)N5CCC(CN6CCN(c7cc8c(cc7F)C(=O)N(C7CCC(=O)NC7=O)C8=O)CC6)CC5)n4)cc3)cc2)n1)C(F)(F)F.Cl. The largest absolute Gasteiger partial charge is 0.401 e. The Bertz CT molecular complexity index is 2950. The fourth-order valence-corrected chi connectivity index (χ4v) is 10.2. The zero-order valence-electron chi connectivity index (χ0n) is 40.1. The molecule has 6 amide bonds. The van der Waals surface area contributed by atoms with Gasteiger partial charge in [0.2, 0.25) is 23.6 Å². The molecule has 1 saturated carbocycles. The number of piperidine rings is 2. The van der Waals surface area contributed by atoms with Crippen LogP contribution in [-0.4, -0.2) is 133 Å². The van der Waals surface area contributed by atoms with Crippen LogP contribution in [0.4, 0.5) is 23.2 Å². The number of halogens is 5. The number of carbonyl (C=O) groups excluding carboxylic acids is 6. The van der Waals surface area contributed by atoms with Crippen LogP contribution in [0.1, 0.15) is 89.8 Å². The lowest BCUT2D eigenvalue weighted by Crippen LogP contribution is -2.54. The molecule has 3 saturated heterocycles. The average Bonchev–Trinajstić information content (AvgIpc) is 3.64. The molecule has 1 unspecified atom stereocenters. The number of nitrogens with zero attached hydrogens (tertiary/aromatic N) is 8. The molecule has 1 aliphatic carbocycles. The Kier molecular flexibility index (Phi) is 14.0. The third-order valence-electron chi connectivity index (χ3n) is 14.9. The minimum atomic E-state index is -4.52. The molecule has 17 nitrogen and oxygen atoms in total. The first kappa shape index (κ1) is 50.9. The summed E-state index contributed by atoms with van der Waals surface area (Å²) in [6, 6.07) is 19.3. The van der Waals surface area contributed by atoms with Crippen molar-refractivity contribution in [2.24, 2.45) is 11.8 Å². The van der Waals surface area contributed by atoms with Crippen molar-refractivity contribution in [3.05, 3.63) is 107 Å². The number of carbonyl (C=O) groups is 6. The first-order valence-corrected chi connectivity index (χ1v) is 24.2. The van der Waals surface area contributed by atoms with Crippen LogP contribution in [-0.2, 0) is 37.7 Å². The highest BCUT2D eigenvalue weighted by atomic mass is 35.5. The van der Waals surface area contributed by atoms with E-state index in [0.29, 0.717) is 51.6 Å². The molecule has 73 heavy (non-hydrogen) atoms. The smallest absolute Gasteiger partial charge is 0.367 e. The van der Waals surface area contributed by atoms with Gasteiger partial charge in [0.1, 0.15) is 29.6 Å². The summed E-state index contributed by atoms with van der Waals surface area (Å²) in [5, 5.41) is 15.9. The van der Waals surface area contributed by atoms with Crippen molar-refractivity contribution in [1.29, 1.82) is 0 Å². The predicted octanol–water partition coefficient (Wildman–Crippen LogP) is 5.62. The number of H-pyrrole nitrogens is 1. The Hall–Kier alpha value is -7.00. The molecule has 384 valence electrons. The third-order valence-corrected chi connectivity index (χ3v) is 14.9. The lowest BCUT2D eigenvalue weighted by Gasteiger charge is -2.39. The van der Waals surface area contributed by atoms with Gasteiger partial charge in [-0.05, 0) is 86.3 Å². The van der Waals surface area contributed by atoms with E-state index in [4.69, 9.17) is 5.10 Å². The summed E-state index contributed by atoms with van der Waals surface area (Å²) in [5.74, 6) is -3.43. The first-order chi connectivity index (χ1) is 34.4. The second-order valence-electron chi connectivity index (χ2n) is 19.9. The molecule has 0 radical (unpaired) electrons. The Morgan fingerprint density at radius 1 is 0.822 bits per heavy atom. The van der Waals surface area contributed by atoms with Gasteiger partial charge in [-0.2, -0.15) is 23.4 Å².